The number of rotatable bonds is 2. The molecule has 0 saturated heterocycles. The molecule has 2 aromatic rings. The van der Waals surface area contributed by atoms with Crippen molar-refractivity contribution in [3.8, 4) is 0 Å². The highest BCUT2D eigenvalue weighted by atomic mass is 79.9. The first-order chi connectivity index (χ1) is 8.58. The first-order valence-corrected chi connectivity index (χ1v) is 6.98. The smallest absolute Gasteiger partial charge is 0.256 e. The molecular formula is C14H11Br2NO. The molecule has 0 atom stereocenters. The van der Waals surface area contributed by atoms with Gasteiger partial charge in [-0.1, -0.05) is 34.1 Å². The van der Waals surface area contributed by atoms with Gasteiger partial charge in [0.2, 0.25) is 0 Å². The van der Waals surface area contributed by atoms with Crippen LogP contribution in [0.3, 0.4) is 0 Å². The van der Waals surface area contributed by atoms with Crippen LogP contribution in [0.25, 0.3) is 0 Å². The largest absolute Gasteiger partial charge is 0.322 e. The van der Waals surface area contributed by atoms with Crippen LogP contribution in [0.15, 0.2) is 51.4 Å². The molecular weight excluding hydrogens is 358 g/mol. The van der Waals surface area contributed by atoms with Gasteiger partial charge >= 0.3 is 0 Å². The van der Waals surface area contributed by atoms with Crippen molar-refractivity contribution in [1.29, 1.82) is 0 Å². The Labute approximate surface area is 123 Å². The van der Waals surface area contributed by atoms with E-state index in [-0.39, 0.29) is 5.91 Å². The van der Waals surface area contributed by atoms with E-state index >= 15 is 0 Å². The van der Waals surface area contributed by atoms with Crippen LogP contribution in [0.5, 0.6) is 0 Å². The normalized spacial score (nSPS) is 10.2. The zero-order valence-corrected chi connectivity index (χ0v) is 12.9. The summed E-state index contributed by atoms with van der Waals surface area (Å²) in [5, 5.41) is 2.90. The summed E-state index contributed by atoms with van der Waals surface area (Å²) in [5.74, 6) is -0.127. The van der Waals surface area contributed by atoms with Crippen molar-refractivity contribution in [1.82, 2.24) is 0 Å². The molecule has 0 fully saturated rings. The topological polar surface area (TPSA) is 29.1 Å². The minimum atomic E-state index is -0.127. The van der Waals surface area contributed by atoms with Crippen molar-refractivity contribution in [2.45, 2.75) is 6.92 Å². The van der Waals surface area contributed by atoms with E-state index in [0.717, 1.165) is 20.2 Å². The van der Waals surface area contributed by atoms with Gasteiger partial charge in [-0.3, -0.25) is 4.79 Å². The van der Waals surface area contributed by atoms with E-state index < -0.39 is 0 Å². The Morgan fingerprint density at radius 1 is 1.11 bits per heavy atom. The number of aryl methyl sites for hydroxylation is 1. The Kier molecular flexibility index (Phi) is 4.19. The minimum absolute atomic E-state index is 0.127. The van der Waals surface area contributed by atoms with Crippen LogP contribution in [0.4, 0.5) is 5.69 Å². The van der Waals surface area contributed by atoms with Crippen LogP contribution in [0.1, 0.15) is 15.9 Å². The Bertz CT molecular complexity index is 596. The lowest BCUT2D eigenvalue weighted by Crippen LogP contribution is -2.13. The molecule has 0 aliphatic rings. The van der Waals surface area contributed by atoms with E-state index in [1.54, 1.807) is 6.07 Å². The lowest BCUT2D eigenvalue weighted by molar-refractivity contribution is 0.102. The number of amides is 1. The number of nitrogens with one attached hydrogen (secondary N) is 1. The fourth-order valence-corrected chi connectivity index (χ4v) is 2.36. The van der Waals surface area contributed by atoms with Gasteiger partial charge in [0.15, 0.2) is 0 Å². The van der Waals surface area contributed by atoms with E-state index in [0.29, 0.717) is 5.56 Å². The van der Waals surface area contributed by atoms with Gasteiger partial charge in [0, 0.05) is 14.6 Å². The SMILES string of the molecule is Cc1ccccc1NC(=O)c1cc(Br)ccc1Br. The van der Waals surface area contributed by atoms with Crippen molar-refractivity contribution < 1.29 is 4.79 Å². The molecule has 4 heteroatoms. The second kappa shape index (κ2) is 5.67. The summed E-state index contributed by atoms with van der Waals surface area (Å²) in [6, 6.07) is 13.2. The lowest BCUT2D eigenvalue weighted by Gasteiger charge is -2.09. The standard InChI is InChI=1S/C14H11Br2NO/c1-9-4-2-3-5-13(9)17-14(18)11-8-10(15)6-7-12(11)16/h2-8H,1H3,(H,17,18). The molecule has 18 heavy (non-hydrogen) atoms. The van der Waals surface area contributed by atoms with E-state index in [4.69, 9.17) is 0 Å². The van der Waals surface area contributed by atoms with Crippen molar-refractivity contribution in [2.75, 3.05) is 5.32 Å². The number of benzene rings is 2. The first kappa shape index (κ1) is 13.3. The fraction of sp³-hybridized carbons (Fsp3) is 0.0714. The number of para-hydroxylation sites is 1. The highest BCUT2D eigenvalue weighted by Crippen LogP contribution is 2.23. The highest BCUT2D eigenvalue weighted by Gasteiger charge is 2.11. The number of anilines is 1. The zero-order chi connectivity index (χ0) is 13.1. The maximum absolute atomic E-state index is 12.2. The molecule has 2 rings (SSSR count). The third-order valence-electron chi connectivity index (χ3n) is 2.57. The third kappa shape index (κ3) is 3.00. The van der Waals surface area contributed by atoms with Crippen molar-refractivity contribution in [2.24, 2.45) is 0 Å². The maximum Gasteiger partial charge on any atom is 0.256 e. The molecule has 0 bridgehead atoms. The van der Waals surface area contributed by atoms with Gasteiger partial charge in [0.25, 0.3) is 5.91 Å². The number of hydrogen-bond donors (Lipinski definition) is 1. The summed E-state index contributed by atoms with van der Waals surface area (Å²) in [6.07, 6.45) is 0. The Balaban J connectivity index is 2.28. The van der Waals surface area contributed by atoms with Gasteiger partial charge in [0.1, 0.15) is 0 Å². The quantitative estimate of drug-likeness (QED) is 0.812. The lowest BCUT2D eigenvalue weighted by atomic mass is 10.1. The van der Waals surface area contributed by atoms with Crippen LogP contribution in [-0.2, 0) is 0 Å². The summed E-state index contributed by atoms with van der Waals surface area (Å²) >= 11 is 6.74. The molecule has 0 aromatic heterocycles. The summed E-state index contributed by atoms with van der Waals surface area (Å²) in [7, 11) is 0. The molecule has 0 saturated carbocycles. The number of carbonyl (C=O) groups excluding carboxylic acids is 1. The molecule has 0 spiro atoms. The first-order valence-electron chi connectivity index (χ1n) is 5.40. The average molecular weight is 369 g/mol. The maximum atomic E-state index is 12.2. The van der Waals surface area contributed by atoms with E-state index in [1.165, 1.54) is 0 Å². The van der Waals surface area contributed by atoms with Gasteiger partial charge in [0.05, 0.1) is 5.56 Å². The zero-order valence-electron chi connectivity index (χ0n) is 9.71. The van der Waals surface area contributed by atoms with E-state index in [2.05, 4.69) is 37.2 Å². The predicted molar refractivity (Wildman–Crippen MR) is 81.0 cm³/mol. The van der Waals surface area contributed by atoms with Gasteiger partial charge in [-0.25, -0.2) is 0 Å². The summed E-state index contributed by atoms with van der Waals surface area (Å²) in [5.41, 5.74) is 2.47. The van der Waals surface area contributed by atoms with Crippen LogP contribution in [0, 0.1) is 6.92 Å². The highest BCUT2D eigenvalue weighted by molar-refractivity contribution is 9.11. The molecule has 0 heterocycles. The van der Waals surface area contributed by atoms with Crippen LogP contribution >= 0.6 is 31.9 Å². The van der Waals surface area contributed by atoms with E-state index in [9.17, 15) is 4.79 Å². The molecule has 2 aromatic carbocycles. The van der Waals surface area contributed by atoms with Crippen molar-refractivity contribution in [3.63, 3.8) is 0 Å². The molecule has 0 unspecified atom stereocenters. The summed E-state index contributed by atoms with van der Waals surface area (Å²) in [4.78, 5) is 12.2. The molecule has 0 radical (unpaired) electrons. The third-order valence-corrected chi connectivity index (χ3v) is 3.75. The van der Waals surface area contributed by atoms with Gasteiger partial charge in [-0.05, 0) is 52.7 Å². The Morgan fingerprint density at radius 2 is 1.83 bits per heavy atom. The van der Waals surface area contributed by atoms with Gasteiger partial charge in [-0.2, -0.15) is 0 Å². The second-order valence-corrected chi connectivity index (χ2v) is 5.66. The predicted octanol–water partition coefficient (Wildman–Crippen LogP) is 4.77. The minimum Gasteiger partial charge on any atom is -0.322 e. The van der Waals surface area contributed by atoms with Crippen molar-refractivity contribution >= 4 is 43.5 Å². The molecule has 0 aliphatic heterocycles. The number of halogens is 2. The van der Waals surface area contributed by atoms with Gasteiger partial charge < -0.3 is 5.32 Å². The number of hydrogen-bond acceptors (Lipinski definition) is 1. The fourth-order valence-electron chi connectivity index (χ4n) is 1.57. The second-order valence-electron chi connectivity index (χ2n) is 3.89. The van der Waals surface area contributed by atoms with Crippen LogP contribution in [-0.4, -0.2) is 5.91 Å². The van der Waals surface area contributed by atoms with E-state index in [1.807, 2.05) is 43.3 Å². The van der Waals surface area contributed by atoms with Crippen LogP contribution < -0.4 is 5.32 Å². The summed E-state index contributed by atoms with van der Waals surface area (Å²) in [6.45, 7) is 1.96. The summed E-state index contributed by atoms with van der Waals surface area (Å²) < 4.78 is 1.65. The Morgan fingerprint density at radius 3 is 2.56 bits per heavy atom. The number of carbonyl (C=O) groups is 1. The van der Waals surface area contributed by atoms with Crippen molar-refractivity contribution in [3.05, 3.63) is 62.5 Å². The molecule has 1 amide bonds. The van der Waals surface area contributed by atoms with Crippen LogP contribution in [0.2, 0.25) is 0 Å². The molecule has 92 valence electrons. The average Bonchev–Trinajstić information content (AvgIpc) is 2.35. The molecule has 0 aliphatic carbocycles. The molecule has 2 nitrogen and oxygen atoms in total. The molecule has 1 N–H and O–H groups in total. The Hall–Kier alpha value is -1.13. The van der Waals surface area contributed by atoms with Gasteiger partial charge in [-0.15, -0.1) is 0 Å². The monoisotopic (exact) mass is 367 g/mol.